The number of aromatic nitrogens is 2. The minimum Gasteiger partial charge on any atom is -0.354 e. The molecule has 4 rings (SSSR count). The molecule has 2 aromatic heterocycles. The van der Waals surface area contributed by atoms with Crippen LogP contribution in [-0.4, -0.2) is 10.1 Å². The number of hydrogen-bond acceptors (Lipinski definition) is 4. The maximum atomic E-state index is 11.5. The molecule has 2 heterocycles. The van der Waals surface area contributed by atoms with Gasteiger partial charge in [-0.3, -0.25) is 4.79 Å². The van der Waals surface area contributed by atoms with E-state index in [2.05, 4.69) is 39.7 Å². The number of hydrogen-bond donors (Lipinski definition) is 2. The summed E-state index contributed by atoms with van der Waals surface area (Å²) in [5.74, 6) is 1.22. The Morgan fingerprint density at radius 1 is 0.846 bits per heavy atom. The molecule has 0 aliphatic carbocycles. The van der Waals surface area contributed by atoms with Gasteiger partial charge in [0.25, 0.3) is 0 Å². The second-order valence-corrected chi connectivity index (χ2v) is 5.97. The topological polar surface area (TPSA) is 70.9 Å². The zero-order valence-corrected chi connectivity index (χ0v) is 14.2. The third-order valence-electron chi connectivity index (χ3n) is 4.14. The standard InChI is InChI=1S/C21H17N3O2/c1-14-20(23-18-8-5-9-19(25)22-18)21(26-24-14)17-12-10-16(11-13-17)15-6-3-2-4-7-15/h2-13H,1H3,(H2,22,23,25). The van der Waals surface area contributed by atoms with Crippen molar-refractivity contribution in [3.63, 3.8) is 0 Å². The largest absolute Gasteiger partial charge is 0.354 e. The molecule has 26 heavy (non-hydrogen) atoms. The van der Waals surface area contributed by atoms with E-state index in [9.17, 15) is 4.79 Å². The highest BCUT2D eigenvalue weighted by atomic mass is 16.5. The number of aromatic amines is 1. The zero-order valence-electron chi connectivity index (χ0n) is 14.2. The lowest BCUT2D eigenvalue weighted by molar-refractivity contribution is 0.427. The molecule has 5 nitrogen and oxygen atoms in total. The summed E-state index contributed by atoms with van der Waals surface area (Å²) < 4.78 is 5.53. The molecule has 0 unspecified atom stereocenters. The van der Waals surface area contributed by atoms with Gasteiger partial charge < -0.3 is 14.8 Å². The lowest BCUT2D eigenvalue weighted by Crippen LogP contribution is -2.06. The highest BCUT2D eigenvalue weighted by Crippen LogP contribution is 2.33. The maximum absolute atomic E-state index is 11.5. The predicted octanol–water partition coefficient (Wildman–Crippen LogP) is 4.75. The molecule has 2 aromatic carbocycles. The lowest BCUT2D eigenvalue weighted by atomic mass is 10.0. The summed E-state index contributed by atoms with van der Waals surface area (Å²) in [7, 11) is 0. The average molecular weight is 343 g/mol. The minimum absolute atomic E-state index is 0.169. The summed E-state index contributed by atoms with van der Waals surface area (Å²) >= 11 is 0. The van der Waals surface area contributed by atoms with E-state index in [0.717, 1.165) is 28.1 Å². The fraction of sp³-hybridized carbons (Fsp3) is 0.0476. The molecule has 0 atom stereocenters. The predicted molar refractivity (Wildman–Crippen MR) is 102 cm³/mol. The molecule has 128 valence electrons. The monoisotopic (exact) mass is 343 g/mol. The molecule has 0 saturated carbocycles. The van der Waals surface area contributed by atoms with Crippen molar-refractivity contribution in [1.82, 2.24) is 10.1 Å². The first-order valence-electron chi connectivity index (χ1n) is 8.29. The van der Waals surface area contributed by atoms with Gasteiger partial charge in [-0.2, -0.15) is 0 Å². The Balaban J connectivity index is 1.67. The molecule has 0 spiro atoms. The number of anilines is 2. The maximum Gasteiger partial charge on any atom is 0.249 e. The van der Waals surface area contributed by atoms with Crippen LogP contribution in [0.5, 0.6) is 0 Å². The van der Waals surface area contributed by atoms with Gasteiger partial charge in [0, 0.05) is 11.6 Å². The molecule has 0 aliphatic rings. The van der Waals surface area contributed by atoms with Crippen LogP contribution in [0.15, 0.2) is 82.1 Å². The molecule has 5 heteroatoms. The van der Waals surface area contributed by atoms with Crippen molar-refractivity contribution in [2.75, 3.05) is 5.32 Å². The van der Waals surface area contributed by atoms with Crippen molar-refractivity contribution in [1.29, 1.82) is 0 Å². The summed E-state index contributed by atoms with van der Waals surface area (Å²) in [6.07, 6.45) is 0. The lowest BCUT2D eigenvalue weighted by Gasteiger charge is -2.07. The van der Waals surface area contributed by atoms with Crippen LogP contribution in [0.2, 0.25) is 0 Å². The smallest absolute Gasteiger partial charge is 0.249 e. The van der Waals surface area contributed by atoms with Gasteiger partial charge in [-0.1, -0.05) is 65.8 Å². The van der Waals surface area contributed by atoms with Crippen LogP contribution in [-0.2, 0) is 0 Å². The van der Waals surface area contributed by atoms with E-state index < -0.39 is 0 Å². The van der Waals surface area contributed by atoms with E-state index in [1.807, 2.05) is 37.3 Å². The van der Waals surface area contributed by atoms with Gasteiger partial charge in [-0.25, -0.2) is 0 Å². The summed E-state index contributed by atoms with van der Waals surface area (Å²) in [4.78, 5) is 14.2. The van der Waals surface area contributed by atoms with Crippen LogP contribution >= 0.6 is 0 Å². The average Bonchev–Trinajstić information content (AvgIpc) is 3.03. The van der Waals surface area contributed by atoms with Crippen molar-refractivity contribution in [3.05, 3.63) is 88.8 Å². The van der Waals surface area contributed by atoms with E-state index in [-0.39, 0.29) is 5.56 Å². The molecule has 4 aromatic rings. The highest BCUT2D eigenvalue weighted by Gasteiger charge is 2.15. The quantitative estimate of drug-likeness (QED) is 0.561. The van der Waals surface area contributed by atoms with Gasteiger partial charge in [-0.05, 0) is 24.1 Å². The summed E-state index contributed by atoms with van der Waals surface area (Å²) in [6.45, 7) is 1.86. The molecule has 0 amide bonds. The number of benzene rings is 2. The van der Waals surface area contributed by atoms with Crippen LogP contribution in [0.1, 0.15) is 5.69 Å². The normalized spacial score (nSPS) is 10.7. The number of H-pyrrole nitrogens is 1. The number of aryl methyl sites for hydroxylation is 1. The van der Waals surface area contributed by atoms with Crippen LogP contribution in [0.3, 0.4) is 0 Å². The van der Waals surface area contributed by atoms with Crippen molar-refractivity contribution in [2.45, 2.75) is 6.92 Å². The van der Waals surface area contributed by atoms with E-state index in [0.29, 0.717) is 11.6 Å². The van der Waals surface area contributed by atoms with Crippen molar-refractivity contribution in [3.8, 4) is 22.5 Å². The minimum atomic E-state index is -0.169. The molecule has 2 N–H and O–H groups in total. The number of pyridine rings is 1. The van der Waals surface area contributed by atoms with Crippen LogP contribution in [0, 0.1) is 6.92 Å². The molecule has 0 bridgehead atoms. The molecule has 0 radical (unpaired) electrons. The second kappa shape index (κ2) is 6.72. The van der Waals surface area contributed by atoms with Crippen molar-refractivity contribution in [2.24, 2.45) is 0 Å². The zero-order chi connectivity index (χ0) is 17.9. The molecular formula is C21H17N3O2. The number of rotatable bonds is 4. The van der Waals surface area contributed by atoms with Crippen LogP contribution < -0.4 is 10.9 Å². The molecule has 0 fully saturated rings. The summed E-state index contributed by atoms with van der Waals surface area (Å²) in [5.41, 5.74) is 4.49. The second-order valence-electron chi connectivity index (χ2n) is 5.97. The van der Waals surface area contributed by atoms with Gasteiger partial charge >= 0.3 is 0 Å². The molecular weight excluding hydrogens is 326 g/mol. The summed E-state index contributed by atoms with van der Waals surface area (Å²) in [5, 5.41) is 7.26. The van der Waals surface area contributed by atoms with Crippen LogP contribution in [0.25, 0.3) is 22.5 Å². The Hall–Kier alpha value is -3.60. The van der Waals surface area contributed by atoms with Gasteiger partial charge in [0.2, 0.25) is 5.56 Å². The first kappa shape index (κ1) is 15.9. The van der Waals surface area contributed by atoms with E-state index >= 15 is 0 Å². The fourth-order valence-electron chi connectivity index (χ4n) is 2.81. The van der Waals surface area contributed by atoms with E-state index in [4.69, 9.17) is 4.52 Å². The van der Waals surface area contributed by atoms with E-state index in [1.54, 1.807) is 12.1 Å². The SMILES string of the molecule is Cc1noc(-c2ccc(-c3ccccc3)cc2)c1Nc1cccc(=O)[nH]1. The fourth-order valence-corrected chi connectivity index (χ4v) is 2.81. The van der Waals surface area contributed by atoms with Gasteiger partial charge in [0.15, 0.2) is 5.76 Å². The van der Waals surface area contributed by atoms with Crippen LogP contribution in [0.4, 0.5) is 11.5 Å². The molecule has 0 saturated heterocycles. The summed E-state index contributed by atoms with van der Waals surface area (Å²) in [6, 6.07) is 23.2. The van der Waals surface area contributed by atoms with E-state index in [1.165, 1.54) is 6.07 Å². The third-order valence-corrected chi connectivity index (χ3v) is 4.14. The Morgan fingerprint density at radius 3 is 2.27 bits per heavy atom. The van der Waals surface area contributed by atoms with Crippen molar-refractivity contribution < 1.29 is 4.52 Å². The third kappa shape index (κ3) is 3.15. The number of nitrogens with zero attached hydrogens (tertiary/aromatic N) is 1. The molecule has 0 aliphatic heterocycles. The Kier molecular flexibility index (Phi) is 4.11. The Morgan fingerprint density at radius 2 is 1.54 bits per heavy atom. The van der Waals surface area contributed by atoms with Gasteiger partial charge in [0.1, 0.15) is 17.2 Å². The van der Waals surface area contributed by atoms with Crippen molar-refractivity contribution >= 4 is 11.5 Å². The van der Waals surface area contributed by atoms with Gasteiger partial charge in [-0.15, -0.1) is 0 Å². The first-order chi connectivity index (χ1) is 12.7. The Labute approximate surface area is 150 Å². The van der Waals surface area contributed by atoms with Gasteiger partial charge in [0.05, 0.1) is 0 Å². The highest BCUT2D eigenvalue weighted by molar-refractivity contribution is 5.79. The Bertz CT molecular complexity index is 1080. The number of nitrogens with one attached hydrogen (secondary N) is 2. The first-order valence-corrected chi connectivity index (χ1v) is 8.29.